The molecule has 0 aliphatic carbocycles. The van der Waals surface area contributed by atoms with E-state index in [0.717, 1.165) is 25.3 Å². The lowest BCUT2D eigenvalue weighted by Crippen LogP contribution is -2.38. The van der Waals surface area contributed by atoms with E-state index in [-0.39, 0.29) is 23.2 Å². The molecule has 0 bridgehead atoms. The van der Waals surface area contributed by atoms with Gasteiger partial charge in [-0.3, -0.25) is 19.9 Å². The van der Waals surface area contributed by atoms with Crippen LogP contribution in [0.2, 0.25) is 0 Å². The van der Waals surface area contributed by atoms with Crippen LogP contribution in [0.15, 0.2) is 42.6 Å². The summed E-state index contributed by atoms with van der Waals surface area (Å²) < 4.78 is 0. The Balaban J connectivity index is 1.61. The highest BCUT2D eigenvalue weighted by Crippen LogP contribution is 2.29. The van der Waals surface area contributed by atoms with E-state index in [9.17, 15) is 14.9 Å². The van der Waals surface area contributed by atoms with Gasteiger partial charge in [0.25, 0.3) is 11.6 Å². The van der Waals surface area contributed by atoms with Crippen LogP contribution in [0.5, 0.6) is 0 Å². The molecule has 1 aromatic carbocycles. The number of piperidine rings is 1. The van der Waals surface area contributed by atoms with Gasteiger partial charge in [-0.25, -0.2) is 0 Å². The summed E-state index contributed by atoms with van der Waals surface area (Å²) in [5.41, 5.74) is 1.30. The van der Waals surface area contributed by atoms with Gasteiger partial charge in [-0.15, -0.1) is 0 Å². The minimum Gasteiger partial charge on any atom is -0.371 e. The number of nitrogens with zero attached hydrogens (tertiary/aromatic N) is 3. The molecule has 1 aromatic heterocycles. The van der Waals surface area contributed by atoms with Crippen molar-refractivity contribution in [2.45, 2.75) is 39.2 Å². The van der Waals surface area contributed by atoms with Gasteiger partial charge in [-0.05, 0) is 63.0 Å². The molecular weight excluding hydrogens is 394 g/mol. The topological polar surface area (TPSA) is 100 Å². The third-order valence-electron chi connectivity index (χ3n) is 5.59. The van der Waals surface area contributed by atoms with Crippen LogP contribution in [-0.2, 0) is 0 Å². The molecule has 2 unspecified atom stereocenters. The van der Waals surface area contributed by atoms with Crippen LogP contribution >= 0.6 is 0 Å². The Morgan fingerprint density at radius 1 is 1.19 bits per heavy atom. The standard InChI is InChI=1S/C23H31N5O3/c1-17(16-27-12-6-3-7-13-27)15-25-23(29)19-9-10-21(22(14-19)28(30)31)26-18(2)20-8-4-5-11-24-20/h4-5,8-11,14,17-18,26H,3,6-7,12-13,15-16H2,1-2H3,(H,25,29). The number of nitro groups is 1. The SMILES string of the molecule is CC(CNC(=O)c1ccc(NC(C)c2ccccn2)c([N+](=O)[O-])c1)CN1CCCCC1. The highest BCUT2D eigenvalue weighted by molar-refractivity contribution is 5.95. The van der Waals surface area contributed by atoms with Gasteiger partial charge < -0.3 is 15.5 Å². The third kappa shape index (κ3) is 6.49. The number of aromatic nitrogens is 1. The zero-order chi connectivity index (χ0) is 22.2. The Kier molecular flexibility index (Phi) is 7.94. The number of carbonyl (C=O) groups excluding carboxylic acids is 1. The Morgan fingerprint density at radius 3 is 2.65 bits per heavy atom. The van der Waals surface area contributed by atoms with Crippen LogP contribution in [0.25, 0.3) is 0 Å². The predicted molar refractivity (Wildman–Crippen MR) is 121 cm³/mol. The summed E-state index contributed by atoms with van der Waals surface area (Å²) in [6.45, 7) is 7.74. The highest BCUT2D eigenvalue weighted by atomic mass is 16.6. The molecule has 166 valence electrons. The molecule has 0 radical (unpaired) electrons. The number of nitro benzene ring substituents is 1. The monoisotopic (exact) mass is 425 g/mol. The summed E-state index contributed by atoms with van der Waals surface area (Å²) in [7, 11) is 0. The maximum absolute atomic E-state index is 12.6. The second-order valence-corrected chi connectivity index (χ2v) is 8.29. The van der Waals surface area contributed by atoms with Crippen LogP contribution in [0.1, 0.15) is 55.2 Å². The van der Waals surface area contributed by atoms with Crippen molar-refractivity contribution < 1.29 is 9.72 Å². The van der Waals surface area contributed by atoms with E-state index in [4.69, 9.17) is 0 Å². The molecule has 1 aliphatic heterocycles. The van der Waals surface area contributed by atoms with Crippen LogP contribution in [0.4, 0.5) is 11.4 Å². The number of hydrogen-bond donors (Lipinski definition) is 2. The number of amides is 1. The molecule has 0 saturated carbocycles. The molecule has 2 heterocycles. The first-order valence-corrected chi connectivity index (χ1v) is 10.9. The van der Waals surface area contributed by atoms with Crippen molar-refractivity contribution in [2.24, 2.45) is 5.92 Å². The summed E-state index contributed by atoms with van der Waals surface area (Å²) in [4.78, 5) is 30.5. The first-order chi connectivity index (χ1) is 14.9. The molecular formula is C23H31N5O3. The van der Waals surface area contributed by atoms with E-state index in [1.54, 1.807) is 18.3 Å². The van der Waals surface area contributed by atoms with Gasteiger partial charge in [0.2, 0.25) is 0 Å². The zero-order valence-electron chi connectivity index (χ0n) is 18.2. The number of rotatable bonds is 9. The summed E-state index contributed by atoms with van der Waals surface area (Å²) >= 11 is 0. The van der Waals surface area contributed by atoms with Crippen molar-refractivity contribution in [1.29, 1.82) is 0 Å². The molecule has 1 saturated heterocycles. The van der Waals surface area contributed by atoms with Gasteiger partial charge in [0.15, 0.2) is 0 Å². The molecule has 1 amide bonds. The van der Waals surface area contributed by atoms with E-state index in [0.29, 0.717) is 18.2 Å². The number of nitrogens with one attached hydrogen (secondary N) is 2. The maximum atomic E-state index is 12.6. The van der Waals surface area contributed by atoms with Crippen LogP contribution in [0.3, 0.4) is 0 Å². The van der Waals surface area contributed by atoms with Crippen LogP contribution in [0, 0.1) is 16.0 Å². The van der Waals surface area contributed by atoms with Gasteiger partial charge in [-0.1, -0.05) is 19.4 Å². The first kappa shape index (κ1) is 22.7. The average Bonchev–Trinajstić information content (AvgIpc) is 2.78. The van der Waals surface area contributed by atoms with Crippen LogP contribution in [-0.4, -0.2) is 46.9 Å². The Bertz CT molecular complexity index is 884. The fourth-order valence-electron chi connectivity index (χ4n) is 3.90. The summed E-state index contributed by atoms with van der Waals surface area (Å²) in [6, 6.07) is 9.87. The molecule has 2 atom stereocenters. The van der Waals surface area contributed by atoms with E-state index < -0.39 is 4.92 Å². The number of carbonyl (C=O) groups is 1. The largest absolute Gasteiger partial charge is 0.371 e. The van der Waals surface area contributed by atoms with E-state index in [1.165, 1.54) is 25.3 Å². The maximum Gasteiger partial charge on any atom is 0.293 e. The molecule has 1 fully saturated rings. The van der Waals surface area contributed by atoms with Crippen molar-refractivity contribution in [1.82, 2.24) is 15.2 Å². The van der Waals surface area contributed by atoms with E-state index in [2.05, 4.69) is 27.4 Å². The fraction of sp³-hybridized carbons (Fsp3) is 0.478. The fourth-order valence-corrected chi connectivity index (χ4v) is 3.90. The number of anilines is 1. The molecule has 1 aliphatic rings. The van der Waals surface area contributed by atoms with Gasteiger partial charge in [-0.2, -0.15) is 0 Å². The third-order valence-corrected chi connectivity index (χ3v) is 5.59. The summed E-state index contributed by atoms with van der Waals surface area (Å²) in [5.74, 6) is 0.0233. The molecule has 31 heavy (non-hydrogen) atoms. The van der Waals surface area contributed by atoms with Crippen LogP contribution < -0.4 is 10.6 Å². The number of hydrogen-bond acceptors (Lipinski definition) is 6. The van der Waals surface area contributed by atoms with Crippen molar-refractivity contribution in [2.75, 3.05) is 31.5 Å². The minimum atomic E-state index is -0.469. The number of benzene rings is 1. The average molecular weight is 426 g/mol. The van der Waals surface area contributed by atoms with Gasteiger partial charge >= 0.3 is 0 Å². The van der Waals surface area contributed by atoms with Gasteiger partial charge in [0.1, 0.15) is 5.69 Å². The molecule has 0 spiro atoms. The molecule has 2 N–H and O–H groups in total. The number of pyridine rings is 1. The number of likely N-dealkylation sites (tertiary alicyclic amines) is 1. The summed E-state index contributed by atoms with van der Waals surface area (Å²) in [5, 5.41) is 17.7. The first-order valence-electron chi connectivity index (χ1n) is 10.9. The Morgan fingerprint density at radius 2 is 1.97 bits per heavy atom. The van der Waals surface area contributed by atoms with Gasteiger partial charge in [0.05, 0.1) is 16.7 Å². The highest BCUT2D eigenvalue weighted by Gasteiger charge is 2.20. The van der Waals surface area contributed by atoms with E-state index >= 15 is 0 Å². The smallest absolute Gasteiger partial charge is 0.293 e. The lowest BCUT2D eigenvalue weighted by molar-refractivity contribution is -0.384. The molecule has 2 aromatic rings. The van der Waals surface area contributed by atoms with Crippen molar-refractivity contribution in [3.8, 4) is 0 Å². The van der Waals surface area contributed by atoms with E-state index in [1.807, 2.05) is 25.1 Å². The quantitative estimate of drug-likeness (QED) is 0.465. The lowest BCUT2D eigenvalue weighted by atomic mass is 10.1. The second kappa shape index (κ2) is 10.9. The normalized spacial score (nSPS) is 16.3. The molecule has 8 heteroatoms. The summed E-state index contributed by atoms with van der Waals surface area (Å²) in [6.07, 6.45) is 5.46. The molecule has 3 rings (SSSR count). The van der Waals surface area contributed by atoms with Crippen molar-refractivity contribution >= 4 is 17.3 Å². The minimum absolute atomic E-state index is 0.128. The van der Waals surface area contributed by atoms with Gasteiger partial charge in [0, 0.05) is 30.9 Å². The predicted octanol–water partition coefficient (Wildman–Crippen LogP) is 4.01. The molecule has 8 nitrogen and oxygen atoms in total. The second-order valence-electron chi connectivity index (χ2n) is 8.29. The van der Waals surface area contributed by atoms with Crippen molar-refractivity contribution in [3.05, 3.63) is 64.0 Å². The Labute approximate surface area is 183 Å². The Hall–Kier alpha value is -3.00. The lowest BCUT2D eigenvalue weighted by Gasteiger charge is -2.29. The van der Waals surface area contributed by atoms with Crippen molar-refractivity contribution in [3.63, 3.8) is 0 Å². The zero-order valence-corrected chi connectivity index (χ0v) is 18.2.